The van der Waals surface area contributed by atoms with Crippen molar-refractivity contribution in [3.05, 3.63) is 65.7 Å². The quantitative estimate of drug-likeness (QED) is 0.671. The first-order valence-electron chi connectivity index (χ1n) is 9.67. The molecule has 0 spiro atoms. The number of carbonyl (C=O) groups is 3. The molecule has 0 aromatic heterocycles. The summed E-state index contributed by atoms with van der Waals surface area (Å²) in [5.41, 5.74) is 2.50. The van der Waals surface area contributed by atoms with Crippen LogP contribution < -0.4 is 10.6 Å². The molecule has 2 N–H and O–H groups in total. The molecule has 2 aromatic rings. The Morgan fingerprint density at radius 1 is 0.966 bits per heavy atom. The van der Waals surface area contributed by atoms with E-state index in [1.807, 2.05) is 69.3 Å². The minimum Gasteiger partial charge on any atom is -0.451 e. The van der Waals surface area contributed by atoms with Gasteiger partial charge in [0.2, 0.25) is 5.91 Å². The van der Waals surface area contributed by atoms with Crippen molar-refractivity contribution in [2.45, 2.75) is 46.3 Å². The van der Waals surface area contributed by atoms with Crippen LogP contribution in [0.3, 0.4) is 0 Å². The Hall–Kier alpha value is -3.15. The first-order chi connectivity index (χ1) is 13.8. The van der Waals surface area contributed by atoms with Gasteiger partial charge in [-0.1, -0.05) is 56.3 Å². The van der Waals surface area contributed by atoms with E-state index in [9.17, 15) is 14.4 Å². The van der Waals surface area contributed by atoms with E-state index < -0.39 is 24.0 Å². The Morgan fingerprint density at radius 2 is 1.66 bits per heavy atom. The zero-order valence-electron chi connectivity index (χ0n) is 17.3. The average Bonchev–Trinajstić information content (AvgIpc) is 2.66. The van der Waals surface area contributed by atoms with E-state index in [1.54, 1.807) is 6.07 Å². The fourth-order valence-corrected chi connectivity index (χ4v) is 2.77. The van der Waals surface area contributed by atoms with Crippen molar-refractivity contribution in [1.29, 1.82) is 0 Å². The molecule has 0 aliphatic heterocycles. The SMILES string of the molecule is Cc1cccc(NC(=O)C(C)OC(=O)[C@@H](NC(=O)Cc2ccccc2)C(C)C)c1. The highest BCUT2D eigenvalue weighted by Gasteiger charge is 2.29. The highest BCUT2D eigenvalue weighted by atomic mass is 16.5. The van der Waals surface area contributed by atoms with E-state index >= 15 is 0 Å². The van der Waals surface area contributed by atoms with Gasteiger partial charge >= 0.3 is 5.97 Å². The molecule has 1 unspecified atom stereocenters. The van der Waals surface area contributed by atoms with Gasteiger partial charge in [0, 0.05) is 5.69 Å². The number of rotatable bonds is 8. The van der Waals surface area contributed by atoms with E-state index in [2.05, 4.69) is 10.6 Å². The topological polar surface area (TPSA) is 84.5 Å². The van der Waals surface area contributed by atoms with Crippen LogP contribution in [0.5, 0.6) is 0 Å². The highest BCUT2D eigenvalue weighted by molar-refractivity contribution is 5.95. The molecule has 29 heavy (non-hydrogen) atoms. The summed E-state index contributed by atoms with van der Waals surface area (Å²) in [6, 6.07) is 15.8. The van der Waals surface area contributed by atoms with Crippen LogP contribution in [0.2, 0.25) is 0 Å². The summed E-state index contributed by atoms with van der Waals surface area (Å²) in [5, 5.41) is 5.45. The standard InChI is InChI=1S/C23H28N2O4/c1-15(2)21(25-20(26)14-18-10-6-5-7-11-18)23(28)29-17(4)22(27)24-19-12-8-9-16(3)13-19/h5-13,15,17,21H,14H2,1-4H3,(H,24,27)(H,25,26)/t17?,21-/m0/s1. The second kappa shape index (κ2) is 10.4. The number of carbonyl (C=O) groups excluding carboxylic acids is 3. The van der Waals surface area contributed by atoms with Gasteiger partial charge in [-0.15, -0.1) is 0 Å². The molecule has 6 nitrogen and oxygen atoms in total. The van der Waals surface area contributed by atoms with Crippen molar-refractivity contribution in [2.75, 3.05) is 5.32 Å². The molecule has 0 bridgehead atoms. The molecular weight excluding hydrogens is 368 g/mol. The van der Waals surface area contributed by atoms with Crippen molar-refractivity contribution in [1.82, 2.24) is 5.32 Å². The minimum absolute atomic E-state index is 0.167. The lowest BCUT2D eigenvalue weighted by atomic mass is 10.0. The molecule has 6 heteroatoms. The average molecular weight is 396 g/mol. The zero-order chi connectivity index (χ0) is 21.4. The van der Waals surface area contributed by atoms with Crippen molar-refractivity contribution in [3.8, 4) is 0 Å². The molecule has 2 rings (SSSR count). The van der Waals surface area contributed by atoms with Gasteiger partial charge in [-0.25, -0.2) is 4.79 Å². The Morgan fingerprint density at radius 3 is 2.28 bits per heavy atom. The molecule has 0 aliphatic carbocycles. The number of nitrogens with one attached hydrogen (secondary N) is 2. The van der Waals surface area contributed by atoms with Gasteiger partial charge < -0.3 is 15.4 Å². The van der Waals surface area contributed by atoms with Gasteiger partial charge in [0.25, 0.3) is 5.91 Å². The maximum atomic E-state index is 12.6. The van der Waals surface area contributed by atoms with Crippen LogP contribution in [0.25, 0.3) is 0 Å². The van der Waals surface area contributed by atoms with Crippen LogP contribution >= 0.6 is 0 Å². The first kappa shape index (κ1) is 22.1. The fraction of sp³-hybridized carbons (Fsp3) is 0.348. The number of hydrogen-bond acceptors (Lipinski definition) is 4. The van der Waals surface area contributed by atoms with Gasteiger partial charge in [0.05, 0.1) is 6.42 Å². The van der Waals surface area contributed by atoms with E-state index in [0.717, 1.165) is 11.1 Å². The molecule has 0 saturated heterocycles. The van der Waals surface area contributed by atoms with Crippen molar-refractivity contribution in [3.63, 3.8) is 0 Å². The van der Waals surface area contributed by atoms with Crippen molar-refractivity contribution >= 4 is 23.5 Å². The smallest absolute Gasteiger partial charge is 0.329 e. The maximum absolute atomic E-state index is 12.6. The summed E-state index contributed by atoms with van der Waals surface area (Å²) in [5.74, 6) is -1.52. The normalized spacial score (nSPS) is 12.7. The summed E-state index contributed by atoms with van der Waals surface area (Å²) >= 11 is 0. The molecule has 154 valence electrons. The Kier molecular flexibility index (Phi) is 7.95. The maximum Gasteiger partial charge on any atom is 0.329 e. The van der Waals surface area contributed by atoms with Crippen LogP contribution in [0, 0.1) is 12.8 Å². The van der Waals surface area contributed by atoms with Crippen LogP contribution in [0.15, 0.2) is 54.6 Å². The van der Waals surface area contributed by atoms with E-state index in [-0.39, 0.29) is 18.2 Å². The predicted molar refractivity (Wildman–Crippen MR) is 112 cm³/mol. The third-order valence-corrected chi connectivity index (χ3v) is 4.39. The Labute approximate surface area is 171 Å². The summed E-state index contributed by atoms with van der Waals surface area (Å²) in [7, 11) is 0. The second-order valence-corrected chi connectivity index (χ2v) is 7.39. The number of aryl methyl sites for hydroxylation is 1. The molecule has 0 radical (unpaired) electrons. The third-order valence-electron chi connectivity index (χ3n) is 4.39. The number of hydrogen-bond donors (Lipinski definition) is 2. The van der Waals surface area contributed by atoms with E-state index in [0.29, 0.717) is 5.69 Å². The molecule has 2 aromatic carbocycles. The molecule has 2 amide bonds. The van der Waals surface area contributed by atoms with E-state index in [4.69, 9.17) is 4.74 Å². The Balaban J connectivity index is 1.93. The van der Waals surface area contributed by atoms with Crippen molar-refractivity contribution in [2.24, 2.45) is 5.92 Å². The highest BCUT2D eigenvalue weighted by Crippen LogP contribution is 2.12. The zero-order valence-corrected chi connectivity index (χ0v) is 17.3. The summed E-state index contributed by atoms with van der Waals surface area (Å²) in [4.78, 5) is 37.2. The lowest BCUT2D eigenvalue weighted by molar-refractivity contribution is -0.157. The second-order valence-electron chi connectivity index (χ2n) is 7.39. The summed E-state index contributed by atoms with van der Waals surface area (Å²) < 4.78 is 5.32. The summed E-state index contributed by atoms with van der Waals surface area (Å²) in [6.07, 6.45) is -0.823. The van der Waals surface area contributed by atoms with Crippen LogP contribution in [0.4, 0.5) is 5.69 Å². The number of amides is 2. The number of ether oxygens (including phenoxy) is 1. The molecule has 0 aliphatic rings. The van der Waals surface area contributed by atoms with Crippen LogP contribution in [-0.2, 0) is 25.5 Å². The fourth-order valence-electron chi connectivity index (χ4n) is 2.77. The molecule has 0 fully saturated rings. The first-order valence-corrected chi connectivity index (χ1v) is 9.67. The predicted octanol–water partition coefficient (Wildman–Crippen LogP) is 3.25. The minimum atomic E-state index is -0.990. The molecule has 2 atom stereocenters. The van der Waals surface area contributed by atoms with Crippen LogP contribution in [-0.4, -0.2) is 29.9 Å². The van der Waals surface area contributed by atoms with Gasteiger partial charge in [0.1, 0.15) is 6.04 Å². The van der Waals surface area contributed by atoms with Gasteiger partial charge in [-0.2, -0.15) is 0 Å². The number of esters is 1. The molecule has 0 heterocycles. The number of benzene rings is 2. The lowest BCUT2D eigenvalue weighted by Crippen LogP contribution is -2.47. The van der Waals surface area contributed by atoms with Gasteiger partial charge in [0.15, 0.2) is 6.10 Å². The monoisotopic (exact) mass is 396 g/mol. The lowest BCUT2D eigenvalue weighted by Gasteiger charge is -2.23. The van der Waals surface area contributed by atoms with Gasteiger partial charge in [-0.05, 0) is 43.0 Å². The van der Waals surface area contributed by atoms with Crippen LogP contribution in [0.1, 0.15) is 31.9 Å². The van der Waals surface area contributed by atoms with Crippen molar-refractivity contribution < 1.29 is 19.1 Å². The molecule has 0 saturated carbocycles. The third kappa shape index (κ3) is 7.07. The molecular formula is C23H28N2O4. The summed E-state index contributed by atoms with van der Waals surface area (Å²) in [6.45, 7) is 7.05. The largest absolute Gasteiger partial charge is 0.451 e. The van der Waals surface area contributed by atoms with Gasteiger partial charge in [-0.3, -0.25) is 9.59 Å². The number of anilines is 1. The Bertz CT molecular complexity index is 849. The van der Waals surface area contributed by atoms with E-state index in [1.165, 1.54) is 6.92 Å².